The zero-order chi connectivity index (χ0) is 14.4. The van der Waals surface area contributed by atoms with Crippen molar-refractivity contribution in [2.45, 2.75) is 13.3 Å². The summed E-state index contributed by atoms with van der Waals surface area (Å²) in [6, 6.07) is 6.16. The summed E-state index contributed by atoms with van der Waals surface area (Å²) < 4.78 is 11.8. The summed E-state index contributed by atoms with van der Waals surface area (Å²) in [5.74, 6) is 1.55. The first-order valence-corrected chi connectivity index (χ1v) is 7.41. The monoisotopic (exact) mass is 338 g/mol. The van der Waals surface area contributed by atoms with Crippen LogP contribution < -0.4 is 5.32 Å². The van der Waals surface area contributed by atoms with Crippen LogP contribution in [0, 0.1) is 6.92 Å². The van der Waals surface area contributed by atoms with E-state index in [4.69, 9.17) is 9.15 Å². The molecule has 0 spiro atoms. The van der Waals surface area contributed by atoms with Gasteiger partial charge in [0.2, 0.25) is 0 Å². The minimum absolute atomic E-state index is 0.716. The van der Waals surface area contributed by atoms with Gasteiger partial charge < -0.3 is 14.5 Å². The Bertz CT molecular complexity index is 555. The molecule has 1 aromatic carbocycles. The van der Waals surface area contributed by atoms with Crippen LogP contribution in [0.2, 0.25) is 0 Å². The molecule has 0 amide bonds. The van der Waals surface area contributed by atoms with Crippen molar-refractivity contribution in [3.05, 3.63) is 40.3 Å². The number of aryl methyl sites for hydroxylation is 1. The van der Waals surface area contributed by atoms with Gasteiger partial charge in [-0.15, -0.1) is 0 Å². The van der Waals surface area contributed by atoms with Crippen molar-refractivity contribution in [3.8, 4) is 11.3 Å². The van der Waals surface area contributed by atoms with E-state index in [2.05, 4.69) is 45.3 Å². The van der Waals surface area contributed by atoms with Crippen LogP contribution in [0.1, 0.15) is 11.5 Å². The highest BCUT2D eigenvalue weighted by atomic mass is 79.9. The summed E-state index contributed by atoms with van der Waals surface area (Å²) in [5.41, 5.74) is 2.24. The first-order chi connectivity index (χ1) is 9.70. The summed E-state index contributed by atoms with van der Waals surface area (Å²) >= 11 is 3.53. The van der Waals surface area contributed by atoms with E-state index < -0.39 is 0 Å². The molecule has 0 unspecified atom stereocenters. The number of aromatic nitrogens is 1. The molecule has 1 aromatic heterocycles. The fourth-order valence-electron chi connectivity index (χ4n) is 1.80. The third-order valence-corrected chi connectivity index (χ3v) is 3.86. The summed E-state index contributed by atoms with van der Waals surface area (Å²) in [5, 5.41) is 3.27. The van der Waals surface area contributed by atoms with Gasteiger partial charge in [0.15, 0.2) is 11.7 Å². The van der Waals surface area contributed by atoms with Gasteiger partial charge in [-0.2, -0.15) is 0 Å². The van der Waals surface area contributed by atoms with Crippen LogP contribution >= 0.6 is 15.9 Å². The molecule has 1 heterocycles. The van der Waals surface area contributed by atoms with Crippen LogP contribution in [0.25, 0.3) is 11.3 Å². The molecule has 5 heteroatoms. The zero-order valence-electron chi connectivity index (χ0n) is 11.8. The van der Waals surface area contributed by atoms with Gasteiger partial charge >= 0.3 is 0 Å². The van der Waals surface area contributed by atoms with Gasteiger partial charge in [-0.1, -0.05) is 28.1 Å². The minimum atomic E-state index is 0.716. The fourth-order valence-corrected chi connectivity index (χ4v) is 2.18. The molecule has 20 heavy (non-hydrogen) atoms. The molecule has 0 aliphatic rings. The molecule has 0 bridgehead atoms. The molecule has 2 rings (SSSR count). The Morgan fingerprint density at radius 2 is 2.20 bits per heavy atom. The van der Waals surface area contributed by atoms with Crippen molar-refractivity contribution in [1.82, 2.24) is 10.3 Å². The standard InChI is InChI=1S/C15H19BrN2O2/c1-11-3-4-12(9-13(11)16)14-10-18-15(20-14)5-6-17-7-8-19-2/h3-4,9-10,17H,5-8H2,1-2H3. The summed E-state index contributed by atoms with van der Waals surface area (Å²) in [6.07, 6.45) is 2.55. The second-order valence-electron chi connectivity index (χ2n) is 4.58. The molecule has 0 atom stereocenters. The van der Waals surface area contributed by atoms with E-state index in [1.165, 1.54) is 5.56 Å². The van der Waals surface area contributed by atoms with Crippen LogP contribution in [-0.2, 0) is 11.2 Å². The number of nitrogens with zero attached hydrogens (tertiary/aromatic N) is 1. The van der Waals surface area contributed by atoms with E-state index in [0.29, 0.717) is 6.61 Å². The number of hydrogen-bond donors (Lipinski definition) is 1. The maximum Gasteiger partial charge on any atom is 0.196 e. The number of halogens is 1. The third-order valence-electron chi connectivity index (χ3n) is 3.01. The first kappa shape index (κ1) is 15.2. The van der Waals surface area contributed by atoms with Gasteiger partial charge in [-0.05, 0) is 18.6 Å². The minimum Gasteiger partial charge on any atom is -0.441 e. The van der Waals surface area contributed by atoms with E-state index in [1.54, 1.807) is 13.3 Å². The number of ether oxygens (including phenoxy) is 1. The highest BCUT2D eigenvalue weighted by molar-refractivity contribution is 9.10. The molecule has 108 valence electrons. The van der Waals surface area contributed by atoms with E-state index in [9.17, 15) is 0 Å². The van der Waals surface area contributed by atoms with Crippen LogP contribution in [-0.4, -0.2) is 31.8 Å². The summed E-state index contributed by atoms with van der Waals surface area (Å²) in [4.78, 5) is 4.31. The second kappa shape index (κ2) is 7.57. The molecule has 0 saturated carbocycles. The Morgan fingerprint density at radius 3 is 2.95 bits per heavy atom. The van der Waals surface area contributed by atoms with Crippen molar-refractivity contribution >= 4 is 15.9 Å². The molecule has 0 aliphatic heterocycles. The lowest BCUT2D eigenvalue weighted by molar-refractivity contribution is 0.199. The maximum absolute atomic E-state index is 5.77. The molecule has 0 fully saturated rings. The van der Waals surface area contributed by atoms with Gasteiger partial charge in [0, 0.05) is 36.7 Å². The highest BCUT2D eigenvalue weighted by Gasteiger charge is 2.07. The predicted octanol–water partition coefficient (Wildman–Crippen LogP) is 3.19. The van der Waals surface area contributed by atoms with Crippen LogP contribution in [0.15, 0.2) is 33.3 Å². The Kier molecular flexibility index (Phi) is 5.76. The molecular weight excluding hydrogens is 320 g/mol. The van der Waals surface area contributed by atoms with Crippen molar-refractivity contribution in [2.75, 3.05) is 26.8 Å². The normalized spacial score (nSPS) is 10.9. The Hall–Kier alpha value is -1.17. The SMILES string of the molecule is COCCNCCc1ncc(-c2ccc(C)c(Br)c2)o1. The lowest BCUT2D eigenvalue weighted by Crippen LogP contribution is -2.21. The fraction of sp³-hybridized carbons (Fsp3) is 0.400. The van der Waals surface area contributed by atoms with Crippen molar-refractivity contribution in [2.24, 2.45) is 0 Å². The number of nitrogens with one attached hydrogen (secondary N) is 1. The zero-order valence-corrected chi connectivity index (χ0v) is 13.4. The van der Waals surface area contributed by atoms with Gasteiger partial charge in [0.25, 0.3) is 0 Å². The Morgan fingerprint density at radius 1 is 1.35 bits per heavy atom. The smallest absolute Gasteiger partial charge is 0.196 e. The average molecular weight is 339 g/mol. The number of hydrogen-bond acceptors (Lipinski definition) is 4. The van der Waals surface area contributed by atoms with Crippen molar-refractivity contribution < 1.29 is 9.15 Å². The Labute approximate surface area is 127 Å². The topological polar surface area (TPSA) is 47.3 Å². The lowest BCUT2D eigenvalue weighted by Gasteiger charge is -2.02. The van der Waals surface area contributed by atoms with E-state index in [1.807, 2.05) is 6.07 Å². The molecule has 2 aromatic rings. The summed E-state index contributed by atoms with van der Waals surface area (Å²) in [6.45, 7) is 4.45. The van der Waals surface area contributed by atoms with E-state index in [0.717, 1.165) is 41.2 Å². The largest absolute Gasteiger partial charge is 0.441 e. The number of methoxy groups -OCH3 is 1. The van der Waals surface area contributed by atoms with E-state index in [-0.39, 0.29) is 0 Å². The van der Waals surface area contributed by atoms with Gasteiger partial charge in [0.1, 0.15) is 0 Å². The first-order valence-electron chi connectivity index (χ1n) is 6.61. The molecule has 1 N–H and O–H groups in total. The van der Waals surface area contributed by atoms with Crippen LogP contribution in [0.3, 0.4) is 0 Å². The number of rotatable bonds is 7. The van der Waals surface area contributed by atoms with Crippen LogP contribution in [0.4, 0.5) is 0 Å². The molecule has 4 nitrogen and oxygen atoms in total. The van der Waals surface area contributed by atoms with Gasteiger partial charge in [0.05, 0.1) is 12.8 Å². The number of benzene rings is 1. The van der Waals surface area contributed by atoms with Gasteiger partial charge in [-0.3, -0.25) is 0 Å². The molecular formula is C15H19BrN2O2. The quantitative estimate of drug-likeness (QED) is 0.787. The number of oxazole rings is 1. The van der Waals surface area contributed by atoms with E-state index >= 15 is 0 Å². The van der Waals surface area contributed by atoms with Crippen molar-refractivity contribution in [3.63, 3.8) is 0 Å². The average Bonchev–Trinajstić information content (AvgIpc) is 2.90. The maximum atomic E-state index is 5.77. The summed E-state index contributed by atoms with van der Waals surface area (Å²) in [7, 11) is 1.70. The predicted molar refractivity (Wildman–Crippen MR) is 82.8 cm³/mol. The molecule has 0 aliphatic carbocycles. The van der Waals surface area contributed by atoms with Gasteiger partial charge in [-0.25, -0.2) is 4.98 Å². The van der Waals surface area contributed by atoms with Crippen molar-refractivity contribution in [1.29, 1.82) is 0 Å². The molecule has 0 saturated heterocycles. The van der Waals surface area contributed by atoms with Crippen LogP contribution in [0.5, 0.6) is 0 Å². The second-order valence-corrected chi connectivity index (χ2v) is 5.43. The molecule has 0 radical (unpaired) electrons. The lowest BCUT2D eigenvalue weighted by atomic mass is 10.1. The highest BCUT2D eigenvalue weighted by Crippen LogP contribution is 2.26. The Balaban J connectivity index is 1.93. The third kappa shape index (κ3) is 4.16.